The van der Waals surface area contributed by atoms with Gasteiger partial charge >= 0.3 is 0 Å². The molecule has 1 aliphatic heterocycles. The molecule has 0 saturated heterocycles. The standard InChI is InChI=1S/C18H24N4OS/c23-18(15-3-1-2-4-15)19-10-16-9-17-12-21(6-7-22(17)20-16)11-14-5-8-24-13-14/h5,8-9,13,15H,1-4,6-7,10-12H2,(H,19,23). The fourth-order valence-corrected chi connectivity index (χ4v) is 4.41. The summed E-state index contributed by atoms with van der Waals surface area (Å²) in [5.74, 6) is 0.431. The Morgan fingerprint density at radius 1 is 1.33 bits per heavy atom. The molecule has 3 heterocycles. The molecule has 1 saturated carbocycles. The van der Waals surface area contributed by atoms with Crippen LogP contribution < -0.4 is 5.32 Å². The minimum absolute atomic E-state index is 0.206. The number of fused-ring (bicyclic) bond motifs is 1. The van der Waals surface area contributed by atoms with E-state index < -0.39 is 0 Å². The first-order valence-corrected chi connectivity index (χ1v) is 9.79. The summed E-state index contributed by atoms with van der Waals surface area (Å²) in [5.41, 5.74) is 3.62. The molecule has 1 aliphatic carbocycles. The summed E-state index contributed by atoms with van der Waals surface area (Å²) in [6, 6.07) is 4.34. The quantitative estimate of drug-likeness (QED) is 0.907. The van der Waals surface area contributed by atoms with Gasteiger partial charge in [-0.2, -0.15) is 16.4 Å². The van der Waals surface area contributed by atoms with Gasteiger partial charge in [-0.3, -0.25) is 14.4 Å². The van der Waals surface area contributed by atoms with Crippen molar-refractivity contribution < 1.29 is 4.79 Å². The second-order valence-electron chi connectivity index (χ2n) is 6.89. The van der Waals surface area contributed by atoms with E-state index in [0.29, 0.717) is 6.54 Å². The Balaban J connectivity index is 1.33. The first-order chi connectivity index (χ1) is 11.8. The van der Waals surface area contributed by atoms with E-state index in [2.05, 4.69) is 42.9 Å². The molecule has 0 aromatic carbocycles. The van der Waals surface area contributed by atoms with Gasteiger partial charge in [-0.1, -0.05) is 12.8 Å². The van der Waals surface area contributed by atoms with E-state index in [0.717, 1.165) is 44.7 Å². The van der Waals surface area contributed by atoms with Gasteiger partial charge in [0.15, 0.2) is 0 Å². The van der Waals surface area contributed by atoms with Gasteiger partial charge in [0.25, 0.3) is 0 Å². The normalized spacial score (nSPS) is 18.7. The van der Waals surface area contributed by atoms with Crippen LogP contribution in [0.1, 0.15) is 42.6 Å². The lowest BCUT2D eigenvalue weighted by Crippen LogP contribution is -2.33. The minimum Gasteiger partial charge on any atom is -0.350 e. The smallest absolute Gasteiger partial charge is 0.223 e. The molecule has 6 heteroatoms. The van der Waals surface area contributed by atoms with Crippen LogP contribution >= 0.6 is 11.3 Å². The molecule has 0 spiro atoms. The predicted molar refractivity (Wildman–Crippen MR) is 94.5 cm³/mol. The third-order valence-electron chi connectivity index (χ3n) is 5.08. The first kappa shape index (κ1) is 15.8. The SMILES string of the molecule is O=C(NCc1cc2n(n1)CCN(Cc1ccsc1)C2)C1CCCC1. The van der Waals surface area contributed by atoms with Gasteiger partial charge in [0, 0.05) is 25.6 Å². The summed E-state index contributed by atoms with van der Waals surface area (Å²) in [4.78, 5) is 14.6. The van der Waals surface area contributed by atoms with Crippen LogP contribution in [0.2, 0.25) is 0 Å². The second-order valence-corrected chi connectivity index (χ2v) is 7.67. The summed E-state index contributed by atoms with van der Waals surface area (Å²) in [6.45, 7) is 4.44. The number of rotatable bonds is 5. The average Bonchev–Trinajstić information content (AvgIpc) is 3.33. The fraction of sp³-hybridized carbons (Fsp3) is 0.556. The third-order valence-corrected chi connectivity index (χ3v) is 5.82. The van der Waals surface area contributed by atoms with Crippen LogP contribution in [0.25, 0.3) is 0 Å². The monoisotopic (exact) mass is 344 g/mol. The summed E-state index contributed by atoms with van der Waals surface area (Å²) < 4.78 is 2.10. The molecule has 4 rings (SSSR count). The largest absolute Gasteiger partial charge is 0.350 e. The molecule has 0 bridgehead atoms. The zero-order valence-corrected chi connectivity index (χ0v) is 14.7. The molecule has 1 amide bonds. The van der Waals surface area contributed by atoms with E-state index in [1.165, 1.54) is 24.1 Å². The highest BCUT2D eigenvalue weighted by Crippen LogP contribution is 2.24. The Morgan fingerprint density at radius 3 is 3.00 bits per heavy atom. The predicted octanol–water partition coefficient (Wildman–Crippen LogP) is 2.77. The van der Waals surface area contributed by atoms with Gasteiger partial charge < -0.3 is 5.32 Å². The van der Waals surface area contributed by atoms with Crippen molar-refractivity contribution in [2.75, 3.05) is 6.54 Å². The Hall–Kier alpha value is -1.66. The van der Waals surface area contributed by atoms with Gasteiger partial charge in [0.2, 0.25) is 5.91 Å². The van der Waals surface area contributed by atoms with Crippen LogP contribution in [-0.4, -0.2) is 27.1 Å². The van der Waals surface area contributed by atoms with Crippen molar-refractivity contribution in [3.8, 4) is 0 Å². The molecule has 2 aromatic heterocycles. The summed E-state index contributed by atoms with van der Waals surface area (Å²) in [7, 11) is 0. The van der Waals surface area contributed by atoms with Crippen molar-refractivity contribution >= 4 is 17.2 Å². The van der Waals surface area contributed by atoms with Crippen molar-refractivity contribution in [1.82, 2.24) is 20.0 Å². The number of carbonyl (C=O) groups excluding carboxylic acids is 1. The lowest BCUT2D eigenvalue weighted by molar-refractivity contribution is -0.124. The molecule has 0 radical (unpaired) electrons. The van der Waals surface area contributed by atoms with E-state index in [1.807, 2.05) is 0 Å². The topological polar surface area (TPSA) is 50.2 Å². The van der Waals surface area contributed by atoms with Crippen LogP contribution in [0.3, 0.4) is 0 Å². The van der Waals surface area contributed by atoms with E-state index in [1.54, 1.807) is 11.3 Å². The Bertz CT molecular complexity index is 688. The summed E-state index contributed by atoms with van der Waals surface area (Å²) >= 11 is 1.75. The van der Waals surface area contributed by atoms with Gasteiger partial charge in [-0.25, -0.2) is 0 Å². The van der Waals surface area contributed by atoms with Crippen LogP contribution in [0.4, 0.5) is 0 Å². The Morgan fingerprint density at radius 2 is 2.21 bits per heavy atom. The number of aromatic nitrogens is 2. The maximum absolute atomic E-state index is 12.1. The highest BCUT2D eigenvalue weighted by atomic mass is 32.1. The maximum Gasteiger partial charge on any atom is 0.223 e. The molecule has 24 heavy (non-hydrogen) atoms. The number of thiophene rings is 1. The number of amides is 1. The Labute approximate surface area is 146 Å². The van der Waals surface area contributed by atoms with Crippen molar-refractivity contribution in [3.63, 3.8) is 0 Å². The fourth-order valence-electron chi connectivity index (χ4n) is 3.75. The zero-order valence-electron chi connectivity index (χ0n) is 13.9. The number of nitrogens with one attached hydrogen (secondary N) is 1. The van der Waals surface area contributed by atoms with Gasteiger partial charge in [-0.05, 0) is 41.3 Å². The van der Waals surface area contributed by atoms with Gasteiger partial charge in [-0.15, -0.1) is 0 Å². The molecule has 2 aromatic rings. The first-order valence-electron chi connectivity index (χ1n) is 8.85. The van der Waals surface area contributed by atoms with Crippen LogP contribution in [0, 0.1) is 5.92 Å². The highest BCUT2D eigenvalue weighted by Gasteiger charge is 2.23. The maximum atomic E-state index is 12.1. The molecular weight excluding hydrogens is 320 g/mol. The second kappa shape index (κ2) is 7.07. The minimum atomic E-state index is 0.206. The van der Waals surface area contributed by atoms with Gasteiger partial charge in [0.05, 0.1) is 24.5 Å². The van der Waals surface area contributed by atoms with E-state index in [4.69, 9.17) is 0 Å². The molecule has 2 aliphatic rings. The number of carbonyl (C=O) groups is 1. The lowest BCUT2D eigenvalue weighted by Gasteiger charge is -2.27. The van der Waals surface area contributed by atoms with Crippen molar-refractivity contribution in [1.29, 1.82) is 0 Å². The number of hydrogen-bond acceptors (Lipinski definition) is 4. The van der Waals surface area contributed by atoms with E-state index in [9.17, 15) is 4.79 Å². The van der Waals surface area contributed by atoms with Crippen LogP contribution in [0.15, 0.2) is 22.9 Å². The molecule has 1 N–H and O–H groups in total. The summed E-state index contributed by atoms with van der Waals surface area (Å²) in [5, 5.41) is 12.1. The molecule has 1 fully saturated rings. The van der Waals surface area contributed by atoms with E-state index in [-0.39, 0.29) is 11.8 Å². The molecule has 5 nitrogen and oxygen atoms in total. The molecule has 128 valence electrons. The van der Waals surface area contributed by atoms with Crippen molar-refractivity contribution in [2.45, 2.75) is 51.9 Å². The lowest BCUT2D eigenvalue weighted by atomic mass is 10.1. The van der Waals surface area contributed by atoms with Crippen LogP contribution in [-0.2, 0) is 31.0 Å². The molecule has 0 atom stereocenters. The average molecular weight is 344 g/mol. The molecule has 0 unspecified atom stereocenters. The van der Waals surface area contributed by atoms with Gasteiger partial charge in [0.1, 0.15) is 0 Å². The highest BCUT2D eigenvalue weighted by molar-refractivity contribution is 7.07. The Kier molecular flexibility index (Phi) is 4.67. The zero-order chi connectivity index (χ0) is 16.4. The van der Waals surface area contributed by atoms with Crippen LogP contribution in [0.5, 0.6) is 0 Å². The number of nitrogens with zero attached hydrogens (tertiary/aromatic N) is 3. The van der Waals surface area contributed by atoms with Crippen molar-refractivity contribution in [3.05, 3.63) is 39.8 Å². The van der Waals surface area contributed by atoms with E-state index >= 15 is 0 Å². The molecular formula is C18H24N4OS. The van der Waals surface area contributed by atoms with Crippen molar-refractivity contribution in [2.24, 2.45) is 5.92 Å². The summed E-state index contributed by atoms with van der Waals surface area (Å²) in [6.07, 6.45) is 4.47. The number of hydrogen-bond donors (Lipinski definition) is 1. The third kappa shape index (κ3) is 3.54.